The van der Waals surface area contributed by atoms with Crippen molar-refractivity contribution in [1.29, 1.82) is 0 Å². The lowest BCUT2D eigenvalue weighted by molar-refractivity contribution is 0.249. The normalized spacial score (nSPS) is 41.5. The molecule has 13 heavy (non-hydrogen) atoms. The van der Waals surface area contributed by atoms with E-state index in [0.717, 1.165) is 6.54 Å². The largest absolute Gasteiger partial charge is 0.302 e. The van der Waals surface area contributed by atoms with Crippen molar-refractivity contribution in [3.63, 3.8) is 0 Å². The number of allylic oxidation sites excluding steroid dienone is 1. The summed E-state index contributed by atoms with van der Waals surface area (Å²) in [5.74, 6) is 0.587. The molecule has 1 heteroatoms. The molecule has 0 aliphatic carbocycles. The molecule has 0 amide bonds. The van der Waals surface area contributed by atoms with Gasteiger partial charge in [0.1, 0.15) is 0 Å². The highest BCUT2D eigenvalue weighted by Crippen LogP contribution is 2.42. The van der Waals surface area contributed by atoms with Crippen LogP contribution in [0.3, 0.4) is 0 Å². The Hall–Kier alpha value is -0.560. The lowest BCUT2D eigenvalue weighted by Gasteiger charge is -2.31. The maximum Gasteiger partial charge on any atom is 0.0159 e. The van der Waals surface area contributed by atoms with Gasteiger partial charge in [-0.3, -0.25) is 0 Å². The van der Waals surface area contributed by atoms with Crippen LogP contribution in [0.25, 0.3) is 0 Å². The Morgan fingerprint density at radius 3 is 2.62 bits per heavy atom. The summed E-state index contributed by atoms with van der Waals surface area (Å²) < 4.78 is 0. The molecule has 0 aromatic carbocycles. The van der Waals surface area contributed by atoms with Gasteiger partial charge in [0.15, 0.2) is 0 Å². The van der Waals surface area contributed by atoms with Gasteiger partial charge in [-0.1, -0.05) is 25.2 Å². The van der Waals surface area contributed by atoms with Crippen molar-refractivity contribution in [3.05, 3.63) is 24.8 Å². The zero-order valence-corrected chi connectivity index (χ0v) is 9.25. The number of rotatable bonds is 2. The smallest absolute Gasteiger partial charge is 0.0159 e. The summed E-state index contributed by atoms with van der Waals surface area (Å²) >= 11 is 0. The average molecular weight is 179 g/mol. The molecular formula is C12H21N. The van der Waals surface area contributed by atoms with Gasteiger partial charge in [-0.25, -0.2) is 0 Å². The van der Waals surface area contributed by atoms with Crippen molar-refractivity contribution in [1.82, 2.24) is 4.90 Å². The monoisotopic (exact) mass is 179 g/mol. The summed E-state index contributed by atoms with van der Waals surface area (Å²) in [6.07, 6.45) is 6.58. The molecule has 0 aromatic rings. The van der Waals surface area contributed by atoms with Crippen molar-refractivity contribution in [2.75, 3.05) is 13.6 Å². The molecular weight excluding hydrogens is 158 g/mol. The van der Waals surface area contributed by atoms with E-state index in [9.17, 15) is 0 Å². The van der Waals surface area contributed by atoms with Gasteiger partial charge < -0.3 is 4.90 Å². The van der Waals surface area contributed by atoms with Gasteiger partial charge in [0.2, 0.25) is 0 Å². The van der Waals surface area contributed by atoms with Gasteiger partial charge in [-0.15, -0.1) is 6.58 Å². The molecule has 0 bridgehead atoms. The van der Waals surface area contributed by atoms with Crippen LogP contribution in [-0.4, -0.2) is 24.5 Å². The Bertz CT molecular complexity index is 219. The van der Waals surface area contributed by atoms with Crippen LogP contribution in [0.5, 0.6) is 0 Å². The van der Waals surface area contributed by atoms with Gasteiger partial charge in [-0.05, 0) is 26.8 Å². The predicted octanol–water partition coefficient (Wildman–Crippen LogP) is 2.70. The van der Waals surface area contributed by atoms with E-state index >= 15 is 0 Å². The molecule has 0 radical (unpaired) electrons. The highest BCUT2D eigenvalue weighted by Gasteiger charge is 2.43. The molecule has 1 rings (SSSR count). The topological polar surface area (TPSA) is 3.24 Å². The van der Waals surface area contributed by atoms with E-state index in [1.807, 2.05) is 0 Å². The maximum atomic E-state index is 3.93. The first-order valence-corrected chi connectivity index (χ1v) is 5.03. The Morgan fingerprint density at radius 2 is 2.15 bits per heavy atom. The molecule has 3 unspecified atom stereocenters. The van der Waals surface area contributed by atoms with Crippen LogP contribution in [-0.2, 0) is 0 Å². The number of hydrogen-bond donors (Lipinski definition) is 0. The molecule has 0 spiro atoms. The quantitative estimate of drug-likeness (QED) is 0.589. The molecule has 1 nitrogen and oxygen atoms in total. The fraction of sp³-hybridized carbons (Fsp3) is 0.667. The summed E-state index contributed by atoms with van der Waals surface area (Å²) in [5, 5.41) is 0. The van der Waals surface area contributed by atoms with Crippen LogP contribution < -0.4 is 0 Å². The van der Waals surface area contributed by atoms with E-state index in [-0.39, 0.29) is 5.41 Å². The van der Waals surface area contributed by atoms with Crippen LogP contribution in [0.15, 0.2) is 24.8 Å². The molecule has 3 atom stereocenters. The predicted molar refractivity (Wildman–Crippen MR) is 58.7 cm³/mol. The third-order valence-corrected chi connectivity index (χ3v) is 3.66. The highest BCUT2D eigenvalue weighted by atomic mass is 15.2. The summed E-state index contributed by atoms with van der Waals surface area (Å²) in [7, 11) is 2.19. The lowest BCUT2D eigenvalue weighted by atomic mass is 9.75. The molecule has 1 aliphatic rings. The van der Waals surface area contributed by atoms with E-state index in [1.54, 1.807) is 0 Å². The van der Waals surface area contributed by atoms with Crippen LogP contribution in [0.2, 0.25) is 0 Å². The summed E-state index contributed by atoms with van der Waals surface area (Å²) in [6, 6.07) is 0.603. The van der Waals surface area contributed by atoms with Crippen LogP contribution in [0.4, 0.5) is 0 Å². The van der Waals surface area contributed by atoms with Crippen molar-refractivity contribution < 1.29 is 0 Å². The molecule has 1 fully saturated rings. The minimum absolute atomic E-state index is 0.269. The van der Waals surface area contributed by atoms with E-state index in [0.29, 0.717) is 12.0 Å². The Morgan fingerprint density at radius 1 is 1.54 bits per heavy atom. The molecule has 74 valence electrons. The first-order valence-electron chi connectivity index (χ1n) is 5.03. The highest BCUT2D eigenvalue weighted by molar-refractivity contribution is 5.13. The van der Waals surface area contributed by atoms with E-state index in [1.165, 1.54) is 0 Å². The number of hydrogen-bond acceptors (Lipinski definition) is 1. The second-order valence-electron chi connectivity index (χ2n) is 4.32. The second kappa shape index (κ2) is 3.67. The molecule has 0 saturated carbocycles. The fourth-order valence-electron chi connectivity index (χ4n) is 2.40. The van der Waals surface area contributed by atoms with Crippen LogP contribution in [0.1, 0.15) is 20.8 Å². The summed E-state index contributed by atoms with van der Waals surface area (Å²) in [6.45, 7) is 11.8. The second-order valence-corrected chi connectivity index (χ2v) is 4.32. The maximum absolute atomic E-state index is 3.93. The minimum Gasteiger partial charge on any atom is -0.302 e. The van der Waals surface area contributed by atoms with Crippen LogP contribution in [0, 0.1) is 11.3 Å². The van der Waals surface area contributed by atoms with Crippen molar-refractivity contribution in [3.8, 4) is 0 Å². The molecule has 0 aromatic heterocycles. The molecule has 0 N–H and O–H groups in total. The Balaban J connectivity index is 2.96. The average Bonchev–Trinajstić information content (AvgIpc) is 2.31. The fourth-order valence-corrected chi connectivity index (χ4v) is 2.40. The van der Waals surface area contributed by atoms with Crippen molar-refractivity contribution in [2.45, 2.75) is 26.8 Å². The zero-order valence-electron chi connectivity index (χ0n) is 9.25. The zero-order chi connectivity index (χ0) is 10.1. The third kappa shape index (κ3) is 1.58. The van der Waals surface area contributed by atoms with E-state index < -0.39 is 0 Å². The van der Waals surface area contributed by atoms with Crippen molar-refractivity contribution in [2.24, 2.45) is 11.3 Å². The SMILES string of the molecule is C=CC1CN(C)C(C)C1(C)/C=C\C. The van der Waals surface area contributed by atoms with E-state index in [4.69, 9.17) is 0 Å². The van der Waals surface area contributed by atoms with Gasteiger partial charge in [-0.2, -0.15) is 0 Å². The summed E-state index contributed by atoms with van der Waals surface area (Å²) in [4.78, 5) is 2.41. The Kier molecular flexibility index (Phi) is 2.97. The third-order valence-electron chi connectivity index (χ3n) is 3.66. The van der Waals surface area contributed by atoms with E-state index in [2.05, 4.69) is 57.5 Å². The standard InChI is InChI=1S/C12H21N/c1-6-8-12(4)10(3)13(5)9-11(12)7-2/h6-8,10-11H,2,9H2,1,3-5H3/b8-6-. The molecule has 1 saturated heterocycles. The molecule has 1 heterocycles. The minimum atomic E-state index is 0.269. The first-order chi connectivity index (χ1) is 6.06. The first kappa shape index (κ1) is 10.5. The number of nitrogens with zero attached hydrogens (tertiary/aromatic N) is 1. The Labute approximate surface area is 82.1 Å². The van der Waals surface area contributed by atoms with Gasteiger partial charge in [0.05, 0.1) is 0 Å². The van der Waals surface area contributed by atoms with Crippen LogP contribution >= 0.6 is 0 Å². The van der Waals surface area contributed by atoms with Gasteiger partial charge in [0.25, 0.3) is 0 Å². The van der Waals surface area contributed by atoms with Gasteiger partial charge in [0, 0.05) is 18.0 Å². The van der Waals surface area contributed by atoms with Crippen molar-refractivity contribution >= 4 is 0 Å². The lowest BCUT2D eigenvalue weighted by Crippen LogP contribution is -2.33. The summed E-state index contributed by atoms with van der Waals surface area (Å²) in [5.41, 5.74) is 0.269. The molecule has 1 aliphatic heterocycles. The number of likely N-dealkylation sites (tertiary alicyclic amines) is 1. The van der Waals surface area contributed by atoms with Gasteiger partial charge >= 0.3 is 0 Å².